The Bertz CT molecular complexity index is 1150. The molecule has 30 heavy (non-hydrogen) atoms. The van der Waals surface area contributed by atoms with Crippen LogP contribution in [-0.2, 0) is 16.1 Å². The SMILES string of the molecule is CCOc1ccc2c(c1)sc(=NC(=O)c1ccc(OC)c(OC)c1)n2CC(=O)OC. The number of rotatable bonds is 7. The van der Waals surface area contributed by atoms with E-state index >= 15 is 0 Å². The van der Waals surface area contributed by atoms with Gasteiger partial charge in [0.1, 0.15) is 12.3 Å². The minimum atomic E-state index is -0.467. The molecule has 1 aromatic heterocycles. The Balaban J connectivity index is 2.10. The molecule has 9 heteroatoms. The zero-order valence-corrected chi connectivity index (χ0v) is 17.9. The number of benzene rings is 2. The monoisotopic (exact) mass is 430 g/mol. The molecule has 0 fully saturated rings. The van der Waals surface area contributed by atoms with E-state index in [-0.39, 0.29) is 6.54 Å². The molecular weight excluding hydrogens is 408 g/mol. The van der Waals surface area contributed by atoms with Gasteiger partial charge < -0.3 is 23.5 Å². The van der Waals surface area contributed by atoms with Crippen molar-refractivity contribution in [1.82, 2.24) is 4.57 Å². The van der Waals surface area contributed by atoms with Crippen LogP contribution in [0.5, 0.6) is 17.2 Å². The van der Waals surface area contributed by atoms with E-state index in [1.54, 1.807) is 22.8 Å². The van der Waals surface area contributed by atoms with E-state index in [9.17, 15) is 9.59 Å². The summed E-state index contributed by atoms with van der Waals surface area (Å²) in [5, 5.41) is 0. The van der Waals surface area contributed by atoms with E-state index in [0.717, 1.165) is 10.2 Å². The number of methoxy groups -OCH3 is 3. The summed E-state index contributed by atoms with van der Waals surface area (Å²) in [5.74, 6) is 0.739. The fraction of sp³-hybridized carbons (Fsp3) is 0.286. The lowest BCUT2D eigenvalue weighted by molar-refractivity contribution is -0.141. The maximum atomic E-state index is 12.8. The van der Waals surface area contributed by atoms with E-state index in [0.29, 0.717) is 34.2 Å². The van der Waals surface area contributed by atoms with E-state index in [4.69, 9.17) is 18.9 Å². The van der Waals surface area contributed by atoms with Crippen molar-refractivity contribution in [2.45, 2.75) is 13.5 Å². The summed E-state index contributed by atoms with van der Waals surface area (Å²) >= 11 is 1.29. The molecule has 0 bridgehead atoms. The van der Waals surface area contributed by atoms with Gasteiger partial charge in [0.05, 0.1) is 38.2 Å². The zero-order valence-electron chi connectivity index (χ0n) is 17.1. The lowest BCUT2D eigenvalue weighted by Gasteiger charge is -2.08. The van der Waals surface area contributed by atoms with Gasteiger partial charge in [0.2, 0.25) is 0 Å². The van der Waals surface area contributed by atoms with Gasteiger partial charge in [-0.25, -0.2) is 0 Å². The molecule has 2 aromatic carbocycles. The quantitative estimate of drug-likeness (QED) is 0.536. The van der Waals surface area contributed by atoms with Crippen LogP contribution in [0.1, 0.15) is 17.3 Å². The van der Waals surface area contributed by atoms with Gasteiger partial charge in [-0.15, -0.1) is 0 Å². The molecule has 8 nitrogen and oxygen atoms in total. The van der Waals surface area contributed by atoms with Gasteiger partial charge in [0.15, 0.2) is 16.3 Å². The molecular formula is C21H22N2O6S. The van der Waals surface area contributed by atoms with Crippen molar-refractivity contribution in [3.05, 3.63) is 46.8 Å². The zero-order chi connectivity index (χ0) is 21.7. The van der Waals surface area contributed by atoms with Crippen molar-refractivity contribution in [3.63, 3.8) is 0 Å². The molecule has 3 aromatic rings. The number of nitrogens with zero attached hydrogens (tertiary/aromatic N) is 2. The lowest BCUT2D eigenvalue weighted by atomic mass is 10.2. The van der Waals surface area contributed by atoms with Gasteiger partial charge in [-0.3, -0.25) is 9.59 Å². The minimum Gasteiger partial charge on any atom is -0.494 e. The first kappa shape index (κ1) is 21.4. The fourth-order valence-corrected chi connectivity index (χ4v) is 3.92. The molecule has 0 saturated carbocycles. The van der Waals surface area contributed by atoms with Crippen LogP contribution in [0.25, 0.3) is 10.2 Å². The van der Waals surface area contributed by atoms with Crippen molar-refractivity contribution in [2.24, 2.45) is 4.99 Å². The van der Waals surface area contributed by atoms with E-state index in [2.05, 4.69) is 4.99 Å². The van der Waals surface area contributed by atoms with Gasteiger partial charge in [0, 0.05) is 5.56 Å². The highest BCUT2D eigenvalue weighted by molar-refractivity contribution is 7.16. The molecule has 0 saturated heterocycles. The molecule has 0 atom stereocenters. The first-order chi connectivity index (χ1) is 14.5. The Morgan fingerprint density at radius 3 is 2.47 bits per heavy atom. The lowest BCUT2D eigenvalue weighted by Crippen LogP contribution is -2.22. The summed E-state index contributed by atoms with van der Waals surface area (Å²) in [6, 6.07) is 10.3. The van der Waals surface area contributed by atoms with Gasteiger partial charge in [-0.2, -0.15) is 4.99 Å². The second kappa shape index (κ2) is 9.45. The predicted molar refractivity (Wildman–Crippen MR) is 112 cm³/mol. The van der Waals surface area contributed by atoms with Crippen LogP contribution in [-0.4, -0.2) is 44.4 Å². The van der Waals surface area contributed by atoms with Crippen molar-refractivity contribution in [3.8, 4) is 17.2 Å². The predicted octanol–water partition coefficient (Wildman–Crippen LogP) is 3.03. The maximum absolute atomic E-state index is 12.8. The van der Waals surface area contributed by atoms with Gasteiger partial charge in [0.25, 0.3) is 5.91 Å². The number of thiazole rings is 1. The van der Waals surface area contributed by atoms with Gasteiger partial charge in [-0.1, -0.05) is 11.3 Å². The maximum Gasteiger partial charge on any atom is 0.325 e. The summed E-state index contributed by atoms with van der Waals surface area (Å²) in [6.45, 7) is 2.37. The van der Waals surface area contributed by atoms with Gasteiger partial charge >= 0.3 is 5.97 Å². The van der Waals surface area contributed by atoms with Crippen molar-refractivity contribution < 1.29 is 28.5 Å². The Morgan fingerprint density at radius 2 is 1.80 bits per heavy atom. The summed E-state index contributed by atoms with van der Waals surface area (Å²) in [4.78, 5) is 29.4. The van der Waals surface area contributed by atoms with Crippen LogP contribution in [0.15, 0.2) is 41.4 Å². The third-order valence-electron chi connectivity index (χ3n) is 4.31. The largest absolute Gasteiger partial charge is 0.494 e. The molecule has 3 rings (SSSR count). The number of carbonyl (C=O) groups excluding carboxylic acids is 2. The summed E-state index contributed by atoms with van der Waals surface area (Å²) in [5.41, 5.74) is 1.09. The Morgan fingerprint density at radius 1 is 1.03 bits per heavy atom. The standard InChI is InChI=1S/C21H22N2O6S/c1-5-29-14-7-8-15-18(11-14)30-21(23(15)12-19(24)28-4)22-20(25)13-6-9-16(26-2)17(10-13)27-3/h6-11H,5,12H2,1-4H3. The summed E-state index contributed by atoms with van der Waals surface area (Å²) in [7, 11) is 4.33. The number of hydrogen-bond donors (Lipinski definition) is 0. The second-order valence-corrected chi connectivity index (χ2v) is 7.11. The van der Waals surface area contributed by atoms with Crippen molar-refractivity contribution >= 4 is 33.4 Å². The highest BCUT2D eigenvalue weighted by atomic mass is 32.1. The highest BCUT2D eigenvalue weighted by Gasteiger charge is 2.14. The summed E-state index contributed by atoms with van der Waals surface area (Å²) < 4.78 is 23.3. The Labute approximate surface area is 177 Å². The van der Waals surface area contributed by atoms with Crippen LogP contribution >= 0.6 is 11.3 Å². The molecule has 0 spiro atoms. The van der Waals surface area contributed by atoms with Crippen LogP contribution in [0.4, 0.5) is 0 Å². The minimum absolute atomic E-state index is 0.0669. The molecule has 0 aliphatic carbocycles. The average Bonchev–Trinajstić information content (AvgIpc) is 3.09. The number of amides is 1. The Hall–Kier alpha value is -3.33. The highest BCUT2D eigenvalue weighted by Crippen LogP contribution is 2.28. The molecule has 0 radical (unpaired) electrons. The molecule has 1 amide bonds. The number of aromatic nitrogens is 1. The van der Waals surface area contributed by atoms with Crippen molar-refractivity contribution in [1.29, 1.82) is 0 Å². The van der Waals surface area contributed by atoms with Crippen LogP contribution < -0.4 is 19.0 Å². The van der Waals surface area contributed by atoms with Gasteiger partial charge in [-0.05, 0) is 43.3 Å². The third-order valence-corrected chi connectivity index (χ3v) is 5.35. The smallest absolute Gasteiger partial charge is 0.325 e. The van der Waals surface area contributed by atoms with Crippen LogP contribution in [0, 0.1) is 0 Å². The van der Waals surface area contributed by atoms with Crippen LogP contribution in [0.3, 0.4) is 0 Å². The molecule has 0 N–H and O–H groups in total. The van der Waals surface area contributed by atoms with E-state index in [1.807, 2.05) is 25.1 Å². The number of esters is 1. The van der Waals surface area contributed by atoms with E-state index < -0.39 is 11.9 Å². The van der Waals surface area contributed by atoms with Crippen LogP contribution in [0.2, 0.25) is 0 Å². The van der Waals surface area contributed by atoms with E-state index in [1.165, 1.54) is 32.7 Å². The number of fused-ring (bicyclic) bond motifs is 1. The third kappa shape index (κ3) is 4.46. The fourth-order valence-electron chi connectivity index (χ4n) is 2.86. The Kier molecular flexibility index (Phi) is 6.73. The normalized spacial score (nSPS) is 11.4. The molecule has 0 aliphatic rings. The summed E-state index contributed by atoms with van der Waals surface area (Å²) in [6.07, 6.45) is 0. The topological polar surface area (TPSA) is 88.4 Å². The number of ether oxygens (including phenoxy) is 4. The molecule has 1 heterocycles. The van der Waals surface area contributed by atoms with Crippen molar-refractivity contribution in [2.75, 3.05) is 27.9 Å². The second-order valence-electron chi connectivity index (χ2n) is 6.10. The molecule has 158 valence electrons. The molecule has 0 unspecified atom stereocenters. The first-order valence-electron chi connectivity index (χ1n) is 9.14. The molecule has 0 aliphatic heterocycles. The number of hydrogen-bond acceptors (Lipinski definition) is 7. The first-order valence-corrected chi connectivity index (χ1v) is 9.96. The average molecular weight is 430 g/mol. The number of carbonyl (C=O) groups is 2.